The van der Waals surface area contributed by atoms with E-state index in [1.165, 1.54) is 0 Å². The maximum Gasteiger partial charge on any atom is 0.336 e. The highest BCUT2D eigenvalue weighted by Crippen LogP contribution is 2.29. The lowest BCUT2D eigenvalue weighted by Gasteiger charge is -2.15. The SMILES string of the molecule is COc1ccc(CC(C(=O)c2ccc(OCc3ccccc3)cc2)=C(C(=O)O)c2ccc3nsnc3c2)cc1C. The molecule has 1 N–H and O–H groups in total. The summed E-state index contributed by atoms with van der Waals surface area (Å²) in [5.74, 6) is -0.251. The number of hydrogen-bond acceptors (Lipinski definition) is 7. The standard InChI is InChI=1S/C32H26N2O5S/c1-20-16-22(8-15-29(20)38-2)17-26(30(32(36)37)24-11-14-27-28(18-24)34-40-33-27)31(35)23-9-12-25(13-10-23)39-19-21-6-4-3-5-7-21/h3-16,18H,17,19H2,1-2H3,(H,36,37). The van der Waals surface area contributed by atoms with Crippen LogP contribution in [0.5, 0.6) is 11.5 Å². The molecule has 4 aromatic carbocycles. The predicted molar refractivity (Wildman–Crippen MR) is 155 cm³/mol. The van der Waals surface area contributed by atoms with Crippen LogP contribution in [0.1, 0.15) is 32.6 Å². The summed E-state index contributed by atoms with van der Waals surface area (Å²) >= 11 is 1.05. The molecular weight excluding hydrogens is 524 g/mol. The molecule has 0 aliphatic carbocycles. The average molecular weight is 551 g/mol. The highest BCUT2D eigenvalue weighted by Gasteiger charge is 2.25. The maximum absolute atomic E-state index is 14.0. The molecule has 1 aromatic heterocycles. The van der Waals surface area contributed by atoms with Gasteiger partial charge in [0.2, 0.25) is 0 Å². The molecular formula is C32H26N2O5S. The van der Waals surface area contributed by atoms with Crippen LogP contribution in [-0.4, -0.2) is 32.7 Å². The lowest BCUT2D eigenvalue weighted by molar-refractivity contribution is -0.130. The smallest absolute Gasteiger partial charge is 0.336 e. The molecule has 5 rings (SSSR count). The zero-order valence-electron chi connectivity index (χ0n) is 22.0. The van der Waals surface area contributed by atoms with Crippen molar-refractivity contribution in [3.63, 3.8) is 0 Å². The summed E-state index contributed by atoms with van der Waals surface area (Å²) in [5, 5.41) is 10.4. The Kier molecular flexibility index (Phi) is 7.98. The van der Waals surface area contributed by atoms with Gasteiger partial charge in [0.1, 0.15) is 29.1 Å². The van der Waals surface area contributed by atoms with E-state index in [1.54, 1.807) is 49.6 Å². The summed E-state index contributed by atoms with van der Waals surface area (Å²) in [6, 6.07) is 27.2. The number of aromatic nitrogens is 2. The molecule has 0 saturated heterocycles. The van der Waals surface area contributed by atoms with Crippen molar-refractivity contribution in [2.24, 2.45) is 0 Å². The number of hydrogen-bond donors (Lipinski definition) is 1. The summed E-state index contributed by atoms with van der Waals surface area (Å²) in [7, 11) is 1.59. The van der Waals surface area contributed by atoms with Gasteiger partial charge in [-0.1, -0.05) is 48.5 Å². The van der Waals surface area contributed by atoms with Gasteiger partial charge >= 0.3 is 5.97 Å². The molecule has 0 unspecified atom stereocenters. The number of allylic oxidation sites excluding steroid dienone is 1. The van der Waals surface area contributed by atoms with E-state index in [1.807, 2.05) is 55.5 Å². The number of carboxylic acids is 1. The number of ketones is 1. The number of carbonyl (C=O) groups excluding carboxylic acids is 1. The number of aliphatic carboxylic acids is 1. The average Bonchev–Trinajstić information content (AvgIpc) is 3.44. The Morgan fingerprint density at radius 3 is 2.25 bits per heavy atom. The third kappa shape index (κ3) is 5.92. The first-order valence-electron chi connectivity index (χ1n) is 12.6. The monoisotopic (exact) mass is 550 g/mol. The third-order valence-electron chi connectivity index (χ3n) is 6.54. The maximum atomic E-state index is 14.0. The van der Waals surface area contributed by atoms with Crippen molar-refractivity contribution in [1.82, 2.24) is 8.75 Å². The molecule has 0 atom stereocenters. The van der Waals surface area contributed by atoms with Gasteiger partial charge in [-0.05, 0) is 71.6 Å². The van der Waals surface area contributed by atoms with Crippen molar-refractivity contribution < 1.29 is 24.2 Å². The van der Waals surface area contributed by atoms with Crippen molar-refractivity contribution >= 4 is 40.1 Å². The lowest BCUT2D eigenvalue weighted by atomic mass is 9.89. The predicted octanol–water partition coefficient (Wildman–Crippen LogP) is 6.55. The van der Waals surface area contributed by atoms with Crippen LogP contribution in [0.2, 0.25) is 0 Å². The van der Waals surface area contributed by atoms with E-state index in [4.69, 9.17) is 9.47 Å². The molecule has 0 saturated carbocycles. The minimum absolute atomic E-state index is 0.0715. The molecule has 7 nitrogen and oxygen atoms in total. The molecule has 40 heavy (non-hydrogen) atoms. The highest BCUT2D eigenvalue weighted by atomic mass is 32.1. The summed E-state index contributed by atoms with van der Waals surface area (Å²) in [4.78, 5) is 26.7. The highest BCUT2D eigenvalue weighted by molar-refractivity contribution is 7.00. The van der Waals surface area contributed by atoms with Crippen molar-refractivity contribution in [1.29, 1.82) is 0 Å². The molecule has 8 heteroatoms. The molecule has 0 radical (unpaired) electrons. The van der Waals surface area contributed by atoms with Gasteiger partial charge in [-0.15, -0.1) is 0 Å². The molecule has 0 aliphatic rings. The summed E-state index contributed by atoms with van der Waals surface area (Å²) < 4.78 is 19.7. The Balaban J connectivity index is 1.53. The van der Waals surface area contributed by atoms with Crippen LogP contribution in [0.25, 0.3) is 16.6 Å². The van der Waals surface area contributed by atoms with E-state index < -0.39 is 5.97 Å². The number of benzene rings is 4. The van der Waals surface area contributed by atoms with Gasteiger partial charge in [-0.3, -0.25) is 4.79 Å². The van der Waals surface area contributed by atoms with Crippen molar-refractivity contribution in [2.75, 3.05) is 7.11 Å². The molecule has 1 heterocycles. The first-order chi connectivity index (χ1) is 19.4. The molecule has 200 valence electrons. The number of aryl methyl sites for hydroxylation is 1. The summed E-state index contributed by atoms with van der Waals surface area (Å²) in [6.07, 6.45) is 0.116. The lowest BCUT2D eigenvalue weighted by Crippen LogP contribution is -2.14. The molecule has 5 aromatic rings. The van der Waals surface area contributed by atoms with E-state index in [0.717, 1.165) is 28.4 Å². The third-order valence-corrected chi connectivity index (χ3v) is 7.09. The molecule has 0 aliphatic heterocycles. The number of rotatable bonds is 10. The molecule has 0 bridgehead atoms. The summed E-state index contributed by atoms with van der Waals surface area (Å²) in [6.45, 7) is 2.30. The van der Waals surface area contributed by atoms with Crippen molar-refractivity contribution in [3.8, 4) is 11.5 Å². The fourth-order valence-electron chi connectivity index (χ4n) is 4.52. The fourth-order valence-corrected chi connectivity index (χ4v) is 5.04. The Labute approximate surface area is 235 Å². The van der Waals surface area contributed by atoms with Gasteiger partial charge in [0.05, 0.1) is 24.4 Å². The Bertz CT molecular complexity index is 1710. The number of fused-ring (bicyclic) bond motifs is 1. The van der Waals surface area contributed by atoms with Gasteiger partial charge < -0.3 is 14.6 Å². The molecule has 0 amide bonds. The Morgan fingerprint density at radius 2 is 1.55 bits per heavy atom. The van der Waals surface area contributed by atoms with Crippen LogP contribution in [0, 0.1) is 6.92 Å². The minimum atomic E-state index is -1.20. The van der Waals surface area contributed by atoms with Gasteiger partial charge in [0.25, 0.3) is 0 Å². The number of carboxylic acid groups (broad SMARTS) is 1. The van der Waals surface area contributed by atoms with E-state index in [9.17, 15) is 14.7 Å². The van der Waals surface area contributed by atoms with E-state index in [2.05, 4.69) is 8.75 Å². The number of ether oxygens (including phenoxy) is 2. The second-order valence-electron chi connectivity index (χ2n) is 9.23. The molecule has 0 fully saturated rings. The van der Waals surface area contributed by atoms with Gasteiger partial charge in [-0.25, -0.2) is 4.79 Å². The Hall–Kier alpha value is -4.82. The number of methoxy groups -OCH3 is 1. The molecule has 0 spiro atoms. The zero-order chi connectivity index (χ0) is 28.1. The van der Waals surface area contributed by atoms with Gasteiger partial charge in [0, 0.05) is 17.6 Å². The first-order valence-corrected chi connectivity index (χ1v) is 13.3. The van der Waals surface area contributed by atoms with Crippen LogP contribution >= 0.6 is 11.7 Å². The fraction of sp³-hybridized carbons (Fsp3) is 0.125. The number of nitrogens with zero attached hydrogens (tertiary/aromatic N) is 2. The number of Topliss-reactive ketones (excluding diaryl/α,β-unsaturated/α-hetero) is 1. The van der Waals surface area contributed by atoms with Crippen LogP contribution in [0.15, 0.2) is 96.6 Å². The van der Waals surface area contributed by atoms with Crippen LogP contribution < -0.4 is 9.47 Å². The van der Waals surface area contributed by atoms with Crippen molar-refractivity contribution in [3.05, 3.63) is 124 Å². The van der Waals surface area contributed by atoms with E-state index >= 15 is 0 Å². The van der Waals surface area contributed by atoms with Crippen LogP contribution in [0.3, 0.4) is 0 Å². The van der Waals surface area contributed by atoms with E-state index in [-0.39, 0.29) is 23.4 Å². The topological polar surface area (TPSA) is 98.6 Å². The van der Waals surface area contributed by atoms with Gasteiger partial charge in [-0.2, -0.15) is 8.75 Å². The van der Waals surface area contributed by atoms with Crippen LogP contribution in [-0.2, 0) is 17.8 Å². The minimum Gasteiger partial charge on any atom is -0.496 e. The second kappa shape index (κ2) is 11.9. The first kappa shape index (κ1) is 26.8. The zero-order valence-corrected chi connectivity index (χ0v) is 22.8. The van der Waals surface area contributed by atoms with Crippen LogP contribution in [0.4, 0.5) is 0 Å². The van der Waals surface area contributed by atoms with Crippen molar-refractivity contribution in [2.45, 2.75) is 20.0 Å². The summed E-state index contributed by atoms with van der Waals surface area (Å²) in [5.41, 5.74) is 4.80. The normalized spacial score (nSPS) is 11.7. The largest absolute Gasteiger partial charge is 0.496 e. The second-order valence-corrected chi connectivity index (χ2v) is 9.76. The Morgan fingerprint density at radius 1 is 0.825 bits per heavy atom. The number of carbonyl (C=O) groups is 2. The quantitative estimate of drug-likeness (QED) is 0.155. The van der Waals surface area contributed by atoms with Gasteiger partial charge in [0.15, 0.2) is 5.78 Å². The van der Waals surface area contributed by atoms with E-state index in [0.29, 0.717) is 40.3 Å².